The molecule has 2 fully saturated rings. The van der Waals surface area contributed by atoms with Gasteiger partial charge in [-0.1, -0.05) is 105 Å². The molecule has 50 heavy (non-hydrogen) atoms. The van der Waals surface area contributed by atoms with E-state index >= 15 is 4.79 Å². The molecule has 0 saturated heterocycles. The Balaban J connectivity index is 1.19. The molecule has 0 aliphatic heterocycles. The number of methoxy groups -OCH3 is 1. The topological polar surface area (TPSA) is 89.9 Å². The second-order valence-electron chi connectivity index (χ2n) is 14.8. The normalized spacial score (nSPS) is 18.2. The molecule has 1 N–H and O–H groups in total. The maximum Gasteiger partial charge on any atom is 0.263 e. The van der Waals surface area contributed by atoms with Crippen LogP contribution in [0.15, 0.2) is 87.5 Å². The van der Waals surface area contributed by atoms with E-state index in [1.165, 1.54) is 35.7 Å². The fourth-order valence-electron chi connectivity index (χ4n) is 9.68. The van der Waals surface area contributed by atoms with Crippen molar-refractivity contribution in [2.24, 2.45) is 0 Å². The largest absolute Gasteiger partial charge is 0.497 e. The van der Waals surface area contributed by atoms with Crippen molar-refractivity contribution < 1.29 is 4.74 Å². The van der Waals surface area contributed by atoms with Gasteiger partial charge in [0.25, 0.3) is 11.1 Å². The van der Waals surface area contributed by atoms with Crippen molar-refractivity contribution in [1.82, 2.24) is 19.5 Å². The van der Waals surface area contributed by atoms with Crippen LogP contribution in [0.1, 0.15) is 92.3 Å². The summed E-state index contributed by atoms with van der Waals surface area (Å²) in [4.78, 5) is 43.0. The highest BCUT2D eigenvalue weighted by Gasteiger charge is 2.45. The fraction of sp³-hybridized carbons (Fsp3) is 0.381. The Morgan fingerprint density at radius 2 is 1.34 bits per heavy atom. The van der Waals surface area contributed by atoms with Crippen LogP contribution in [0.25, 0.3) is 28.2 Å². The second kappa shape index (κ2) is 12.4. The molecule has 8 heteroatoms. The zero-order chi connectivity index (χ0) is 33.9. The lowest BCUT2D eigenvalue weighted by molar-refractivity contribution is 0.283. The molecule has 5 aromatic rings. The van der Waals surface area contributed by atoms with Crippen LogP contribution in [0, 0.1) is 0 Å². The van der Waals surface area contributed by atoms with Crippen molar-refractivity contribution in [3.05, 3.63) is 122 Å². The summed E-state index contributed by atoms with van der Waals surface area (Å²) in [5.41, 5.74) is 8.26. The van der Waals surface area contributed by atoms with Crippen LogP contribution in [0.5, 0.6) is 5.75 Å². The minimum Gasteiger partial charge on any atom is -0.497 e. The van der Waals surface area contributed by atoms with E-state index in [0.29, 0.717) is 22.5 Å². The predicted octanol–water partition coefficient (Wildman–Crippen LogP) is 8.47. The third kappa shape index (κ3) is 5.09. The average molecular weight is 683 g/mol. The van der Waals surface area contributed by atoms with Gasteiger partial charge >= 0.3 is 0 Å². The lowest BCUT2D eigenvalue weighted by Gasteiger charge is -2.42. The maximum atomic E-state index is 15.1. The molecule has 3 aromatic carbocycles. The van der Waals surface area contributed by atoms with Crippen LogP contribution in [0.3, 0.4) is 0 Å². The monoisotopic (exact) mass is 682 g/mol. The summed E-state index contributed by atoms with van der Waals surface area (Å²) in [6, 6.07) is 24.6. The number of nitrogens with one attached hydrogen (secondary N) is 1. The number of hydrogen-bond donors (Lipinski definition) is 1. The zero-order valence-corrected chi connectivity index (χ0v) is 29.4. The van der Waals surface area contributed by atoms with Crippen LogP contribution < -0.4 is 15.9 Å². The van der Waals surface area contributed by atoms with Gasteiger partial charge in [0.15, 0.2) is 5.16 Å². The van der Waals surface area contributed by atoms with E-state index in [-0.39, 0.29) is 21.9 Å². The van der Waals surface area contributed by atoms with Crippen LogP contribution in [-0.4, -0.2) is 26.6 Å². The number of hydrogen-bond acceptors (Lipinski definition) is 6. The van der Waals surface area contributed by atoms with E-state index in [0.717, 1.165) is 104 Å². The SMILES string of the molecule is COc1cccc(-n2c(SCc3nc4c(c(=O)[nH]3)C3(CCCCC3)Cc3ccccc3-4)nc3c(c2=O)C2(CCCCC2)Cc2ccccc2-3)c1. The van der Waals surface area contributed by atoms with Crippen molar-refractivity contribution in [2.45, 2.75) is 98.8 Å². The van der Waals surface area contributed by atoms with Gasteiger partial charge < -0.3 is 9.72 Å². The summed E-state index contributed by atoms with van der Waals surface area (Å²) in [7, 11) is 1.64. The van der Waals surface area contributed by atoms with Gasteiger partial charge in [-0.05, 0) is 61.8 Å². The lowest BCUT2D eigenvalue weighted by atomic mass is 9.62. The summed E-state index contributed by atoms with van der Waals surface area (Å²) in [5, 5.41) is 0.578. The molecule has 0 amide bonds. The number of aromatic nitrogens is 4. The van der Waals surface area contributed by atoms with Crippen LogP contribution in [0.2, 0.25) is 0 Å². The first-order chi connectivity index (χ1) is 24.5. The van der Waals surface area contributed by atoms with Crippen molar-refractivity contribution in [1.29, 1.82) is 0 Å². The highest BCUT2D eigenvalue weighted by Crippen LogP contribution is 2.50. The number of H-pyrrole nitrogens is 1. The van der Waals surface area contributed by atoms with Gasteiger partial charge in [-0.25, -0.2) is 9.97 Å². The smallest absolute Gasteiger partial charge is 0.263 e. The number of aromatic amines is 1. The Kier molecular flexibility index (Phi) is 7.83. The summed E-state index contributed by atoms with van der Waals surface area (Å²) in [6.45, 7) is 0. The molecule has 4 aliphatic carbocycles. The Morgan fingerprint density at radius 3 is 1.98 bits per heavy atom. The van der Waals surface area contributed by atoms with Crippen molar-refractivity contribution in [3.8, 4) is 34.0 Å². The molecule has 2 saturated carbocycles. The molecule has 7 nitrogen and oxygen atoms in total. The molecule has 9 rings (SSSR count). The van der Waals surface area contributed by atoms with Gasteiger partial charge in [-0.15, -0.1) is 0 Å². The lowest BCUT2D eigenvalue weighted by Crippen LogP contribution is -2.42. The molecule has 2 aromatic heterocycles. The quantitative estimate of drug-likeness (QED) is 0.148. The van der Waals surface area contributed by atoms with E-state index < -0.39 is 0 Å². The zero-order valence-electron chi connectivity index (χ0n) is 28.6. The fourth-order valence-corrected chi connectivity index (χ4v) is 10.6. The predicted molar refractivity (Wildman–Crippen MR) is 199 cm³/mol. The first-order valence-electron chi connectivity index (χ1n) is 18.2. The average Bonchev–Trinajstić information content (AvgIpc) is 3.14. The second-order valence-corrected chi connectivity index (χ2v) is 15.8. The summed E-state index contributed by atoms with van der Waals surface area (Å²) in [6.07, 6.45) is 12.7. The molecule has 0 unspecified atom stereocenters. The van der Waals surface area contributed by atoms with E-state index in [2.05, 4.69) is 41.4 Å². The third-order valence-electron chi connectivity index (χ3n) is 12.0. The van der Waals surface area contributed by atoms with Crippen molar-refractivity contribution >= 4 is 11.8 Å². The standard InChI is InChI=1S/C42H42N4O3S/c1-49-30-16-12-15-29(23-30)46-39(48)35-37(32-18-7-5-14-28(32)25-42(35)21-10-3-11-22-42)45-40(46)50-26-33-43-36-31-17-6-4-13-27(31)24-41(19-8-2-9-20-41)34(36)38(47)44-33/h4-7,12-18,23H,2-3,8-11,19-22,24-26H2,1H3,(H,43,44,47). The Labute approximate surface area is 296 Å². The van der Waals surface area contributed by atoms with Crippen LogP contribution in [-0.2, 0) is 29.4 Å². The molecule has 0 radical (unpaired) electrons. The number of rotatable bonds is 5. The van der Waals surface area contributed by atoms with Gasteiger partial charge in [0.2, 0.25) is 0 Å². The Morgan fingerprint density at radius 1 is 0.740 bits per heavy atom. The third-order valence-corrected chi connectivity index (χ3v) is 12.9. The van der Waals surface area contributed by atoms with Gasteiger partial charge in [-0.2, -0.15) is 0 Å². The highest BCUT2D eigenvalue weighted by molar-refractivity contribution is 7.98. The Bertz CT molecular complexity index is 2240. The van der Waals surface area contributed by atoms with E-state index in [1.807, 2.05) is 36.4 Å². The van der Waals surface area contributed by atoms with Crippen molar-refractivity contribution in [2.75, 3.05) is 7.11 Å². The minimum atomic E-state index is -0.233. The maximum absolute atomic E-state index is 15.1. The van der Waals surface area contributed by atoms with Crippen LogP contribution >= 0.6 is 11.8 Å². The number of nitrogens with zero attached hydrogens (tertiary/aromatic N) is 3. The van der Waals surface area contributed by atoms with Gasteiger partial charge in [-0.3, -0.25) is 14.2 Å². The Hall–Kier alpha value is -4.43. The van der Waals surface area contributed by atoms with Gasteiger partial charge in [0.1, 0.15) is 11.6 Å². The van der Waals surface area contributed by atoms with E-state index in [9.17, 15) is 4.79 Å². The number of benzene rings is 3. The molecule has 2 heterocycles. The summed E-state index contributed by atoms with van der Waals surface area (Å²) in [5.74, 6) is 1.63. The molecular weight excluding hydrogens is 641 g/mol. The first-order valence-corrected chi connectivity index (χ1v) is 19.2. The molecule has 4 aliphatic rings. The van der Waals surface area contributed by atoms with Crippen LogP contribution in [0.4, 0.5) is 0 Å². The molecule has 0 atom stereocenters. The first kappa shape index (κ1) is 31.5. The van der Waals surface area contributed by atoms with Gasteiger partial charge in [0, 0.05) is 28.0 Å². The number of thioether (sulfide) groups is 1. The minimum absolute atomic E-state index is 0.0118. The molecular formula is C42H42N4O3S. The molecule has 254 valence electrons. The molecule has 2 spiro atoms. The summed E-state index contributed by atoms with van der Waals surface area (Å²) < 4.78 is 7.38. The van der Waals surface area contributed by atoms with E-state index in [1.54, 1.807) is 11.7 Å². The number of fused-ring (bicyclic) bond motifs is 8. The van der Waals surface area contributed by atoms with Gasteiger partial charge in [0.05, 0.1) is 41.1 Å². The molecule has 0 bridgehead atoms. The highest BCUT2D eigenvalue weighted by atomic mass is 32.2. The van der Waals surface area contributed by atoms with E-state index in [4.69, 9.17) is 14.7 Å². The number of ether oxygens (including phenoxy) is 1. The summed E-state index contributed by atoms with van der Waals surface area (Å²) >= 11 is 1.45. The van der Waals surface area contributed by atoms with Crippen molar-refractivity contribution in [3.63, 3.8) is 0 Å².